The van der Waals surface area contributed by atoms with E-state index in [1.54, 1.807) is 11.8 Å². The molecular weight excluding hydrogens is 282 g/mol. The second kappa shape index (κ2) is 7.98. The van der Waals surface area contributed by atoms with E-state index in [9.17, 15) is 14.4 Å². The largest absolute Gasteiger partial charge is 0.467 e. The first-order valence-corrected chi connectivity index (χ1v) is 7.83. The normalized spacial score (nSPS) is 19.5. The van der Waals surface area contributed by atoms with E-state index in [1.807, 2.05) is 6.26 Å². The van der Waals surface area contributed by atoms with E-state index in [0.29, 0.717) is 25.1 Å². The number of urea groups is 1. The molecule has 0 spiro atoms. The second-order valence-corrected chi connectivity index (χ2v) is 5.54. The zero-order valence-corrected chi connectivity index (χ0v) is 12.6. The molecule has 0 aromatic heterocycles. The maximum atomic E-state index is 12.5. The lowest BCUT2D eigenvalue weighted by atomic mass is 10.1. The molecule has 3 amide bonds. The van der Waals surface area contributed by atoms with Gasteiger partial charge in [-0.25, -0.2) is 9.59 Å². The van der Waals surface area contributed by atoms with Crippen LogP contribution in [-0.4, -0.2) is 60.6 Å². The van der Waals surface area contributed by atoms with Crippen LogP contribution in [0.4, 0.5) is 4.79 Å². The minimum Gasteiger partial charge on any atom is -0.467 e. The Balaban J connectivity index is 2.76. The zero-order valence-electron chi connectivity index (χ0n) is 11.8. The average molecular weight is 303 g/mol. The number of hydrogen-bond acceptors (Lipinski definition) is 5. The van der Waals surface area contributed by atoms with E-state index >= 15 is 0 Å². The first kappa shape index (κ1) is 16.6. The van der Waals surface area contributed by atoms with Gasteiger partial charge < -0.3 is 20.7 Å². The van der Waals surface area contributed by atoms with Crippen molar-refractivity contribution in [3.05, 3.63) is 0 Å². The quantitative estimate of drug-likeness (QED) is 0.669. The summed E-state index contributed by atoms with van der Waals surface area (Å²) >= 11 is 1.57. The predicted molar refractivity (Wildman–Crippen MR) is 76.3 cm³/mol. The molecule has 0 aliphatic carbocycles. The molecule has 1 saturated heterocycles. The first-order valence-electron chi connectivity index (χ1n) is 6.44. The molecule has 1 aliphatic heterocycles. The fourth-order valence-electron chi connectivity index (χ4n) is 2.28. The molecule has 114 valence electrons. The Bertz CT molecular complexity index is 378. The number of likely N-dealkylation sites (tertiary alicyclic amines) is 1. The second-order valence-electron chi connectivity index (χ2n) is 4.56. The Morgan fingerprint density at radius 2 is 2.20 bits per heavy atom. The van der Waals surface area contributed by atoms with E-state index in [1.165, 1.54) is 12.0 Å². The topological polar surface area (TPSA) is 102 Å². The summed E-state index contributed by atoms with van der Waals surface area (Å²) in [6.07, 6.45) is 3.73. The van der Waals surface area contributed by atoms with Gasteiger partial charge in [-0.05, 0) is 31.3 Å². The van der Waals surface area contributed by atoms with Gasteiger partial charge >= 0.3 is 12.0 Å². The van der Waals surface area contributed by atoms with E-state index in [2.05, 4.69) is 5.32 Å². The summed E-state index contributed by atoms with van der Waals surface area (Å²) in [7, 11) is 1.30. The number of ether oxygens (including phenoxy) is 1. The van der Waals surface area contributed by atoms with Crippen molar-refractivity contribution in [3.63, 3.8) is 0 Å². The summed E-state index contributed by atoms with van der Waals surface area (Å²) < 4.78 is 4.71. The highest BCUT2D eigenvalue weighted by Crippen LogP contribution is 2.20. The molecule has 0 bridgehead atoms. The Labute approximate surface area is 122 Å². The molecule has 3 N–H and O–H groups in total. The first-order chi connectivity index (χ1) is 9.51. The predicted octanol–water partition coefficient (Wildman–Crippen LogP) is -0.0596. The summed E-state index contributed by atoms with van der Waals surface area (Å²) in [6.45, 7) is 0.495. The third-order valence-electron chi connectivity index (χ3n) is 3.23. The van der Waals surface area contributed by atoms with Crippen LogP contribution in [0.5, 0.6) is 0 Å². The van der Waals surface area contributed by atoms with Gasteiger partial charge in [0.05, 0.1) is 7.11 Å². The van der Waals surface area contributed by atoms with Gasteiger partial charge in [-0.2, -0.15) is 11.8 Å². The number of carbonyl (C=O) groups is 3. The molecule has 7 nitrogen and oxygen atoms in total. The fourth-order valence-corrected chi connectivity index (χ4v) is 2.75. The molecule has 1 heterocycles. The van der Waals surface area contributed by atoms with E-state index in [0.717, 1.165) is 6.42 Å². The van der Waals surface area contributed by atoms with Crippen molar-refractivity contribution in [2.45, 2.75) is 31.3 Å². The van der Waals surface area contributed by atoms with Crippen molar-refractivity contribution in [2.75, 3.05) is 25.7 Å². The van der Waals surface area contributed by atoms with E-state index in [4.69, 9.17) is 10.5 Å². The third-order valence-corrected chi connectivity index (χ3v) is 3.88. The minimum atomic E-state index is -0.738. The SMILES string of the molecule is COC(=O)C1CCCN1C(=O)C(CCSC)NC(N)=O. The molecule has 0 aromatic carbocycles. The Morgan fingerprint density at radius 3 is 2.75 bits per heavy atom. The van der Waals surface area contributed by atoms with Gasteiger partial charge in [0.2, 0.25) is 5.91 Å². The number of methoxy groups -OCH3 is 1. The number of rotatable bonds is 6. The van der Waals surface area contributed by atoms with Crippen LogP contribution in [0.1, 0.15) is 19.3 Å². The number of hydrogen-bond donors (Lipinski definition) is 2. The molecule has 0 saturated carbocycles. The smallest absolute Gasteiger partial charge is 0.328 e. The van der Waals surface area contributed by atoms with Crippen LogP contribution in [0.15, 0.2) is 0 Å². The lowest BCUT2D eigenvalue weighted by Gasteiger charge is -2.27. The van der Waals surface area contributed by atoms with Crippen molar-refractivity contribution in [1.82, 2.24) is 10.2 Å². The Morgan fingerprint density at radius 1 is 1.50 bits per heavy atom. The number of nitrogens with two attached hydrogens (primary N) is 1. The summed E-state index contributed by atoms with van der Waals surface area (Å²) in [4.78, 5) is 36.6. The summed E-state index contributed by atoms with van der Waals surface area (Å²) in [5.41, 5.74) is 5.10. The zero-order chi connectivity index (χ0) is 15.1. The average Bonchev–Trinajstić information content (AvgIpc) is 2.90. The molecule has 1 fully saturated rings. The van der Waals surface area contributed by atoms with Gasteiger partial charge in [0.25, 0.3) is 0 Å². The summed E-state index contributed by atoms with van der Waals surface area (Å²) in [5, 5.41) is 2.45. The number of amides is 3. The van der Waals surface area contributed by atoms with Crippen molar-refractivity contribution < 1.29 is 19.1 Å². The maximum absolute atomic E-state index is 12.5. The van der Waals surface area contributed by atoms with E-state index < -0.39 is 24.1 Å². The number of nitrogens with one attached hydrogen (secondary N) is 1. The molecule has 0 aromatic rings. The molecule has 1 rings (SSSR count). The van der Waals surface area contributed by atoms with Crippen LogP contribution in [0.3, 0.4) is 0 Å². The summed E-state index contributed by atoms with van der Waals surface area (Å²) in [6, 6.07) is -1.98. The lowest BCUT2D eigenvalue weighted by Crippen LogP contribution is -2.53. The van der Waals surface area contributed by atoms with Gasteiger partial charge in [0.1, 0.15) is 12.1 Å². The highest BCUT2D eigenvalue weighted by atomic mass is 32.2. The Hall–Kier alpha value is -1.44. The molecule has 8 heteroatoms. The molecule has 2 atom stereocenters. The fraction of sp³-hybridized carbons (Fsp3) is 0.750. The monoisotopic (exact) mass is 303 g/mol. The van der Waals surface area contributed by atoms with Gasteiger partial charge in [0, 0.05) is 6.54 Å². The van der Waals surface area contributed by atoms with Crippen molar-refractivity contribution in [3.8, 4) is 0 Å². The highest BCUT2D eigenvalue weighted by Gasteiger charge is 2.37. The van der Waals surface area contributed by atoms with Crippen molar-refractivity contribution in [1.29, 1.82) is 0 Å². The highest BCUT2D eigenvalue weighted by molar-refractivity contribution is 7.98. The van der Waals surface area contributed by atoms with Gasteiger partial charge in [-0.3, -0.25) is 4.79 Å². The van der Waals surface area contributed by atoms with Crippen LogP contribution in [0.2, 0.25) is 0 Å². The number of nitrogens with zero attached hydrogens (tertiary/aromatic N) is 1. The van der Waals surface area contributed by atoms with Crippen molar-refractivity contribution in [2.24, 2.45) is 5.73 Å². The van der Waals surface area contributed by atoms with E-state index in [-0.39, 0.29) is 5.91 Å². The van der Waals surface area contributed by atoms with Crippen LogP contribution in [0.25, 0.3) is 0 Å². The molecular formula is C12H21N3O4S. The van der Waals surface area contributed by atoms with Gasteiger partial charge in [-0.1, -0.05) is 0 Å². The standard InChI is InChI=1S/C12H21N3O4S/c1-19-11(17)9-4-3-6-15(9)10(16)8(5-7-20-2)14-12(13)18/h8-9H,3-7H2,1-2H3,(H3,13,14,18). The van der Waals surface area contributed by atoms with Gasteiger partial charge in [-0.15, -0.1) is 0 Å². The van der Waals surface area contributed by atoms with Crippen LogP contribution in [0, 0.1) is 0 Å². The third kappa shape index (κ3) is 4.29. The number of thioether (sulfide) groups is 1. The van der Waals surface area contributed by atoms with Crippen LogP contribution < -0.4 is 11.1 Å². The molecule has 0 radical (unpaired) electrons. The van der Waals surface area contributed by atoms with Crippen molar-refractivity contribution >= 4 is 29.7 Å². The molecule has 1 aliphatic rings. The maximum Gasteiger partial charge on any atom is 0.328 e. The lowest BCUT2D eigenvalue weighted by molar-refractivity contribution is -0.151. The summed E-state index contributed by atoms with van der Waals surface area (Å²) in [5.74, 6) is 0.0252. The Kier molecular flexibility index (Phi) is 6.63. The minimum absolute atomic E-state index is 0.272. The molecule has 20 heavy (non-hydrogen) atoms. The molecule has 2 unspecified atom stereocenters. The number of carbonyl (C=O) groups excluding carboxylic acids is 3. The van der Waals surface area contributed by atoms with Crippen LogP contribution >= 0.6 is 11.8 Å². The number of esters is 1. The van der Waals surface area contributed by atoms with Crippen LogP contribution in [-0.2, 0) is 14.3 Å². The number of primary amides is 1. The van der Waals surface area contributed by atoms with Gasteiger partial charge in [0.15, 0.2) is 0 Å².